The van der Waals surface area contributed by atoms with Crippen LogP contribution in [0.2, 0.25) is 15.2 Å². The van der Waals surface area contributed by atoms with Gasteiger partial charge in [0.2, 0.25) is 0 Å². The molecule has 2 heterocycles. The largest absolute Gasteiger partial charge is 0.347 e. The monoisotopic (exact) mass is 604 g/mol. The summed E-state index contributed by atoms with van der Waals surface area (Å²) in [7, 11) is 2.03. The van der Waals surface area contributed by atoms with Crippen molar-refractivity contribution in [1.82, 2.24) is 4.98 Å². The van der Waals surface area contributed by atoms with E-state index in [2.05, 4.69) is 45.1 Å². The first-order valence-corrected chi connectivity index (χ1v) is 13.6. The van der Waals surface area contributed by atoms with Gasteiger partial charge in [0.15, 0.2) is 5.13 Å². The van der Waals surface area contributed by atoms with Crippen LogP contribution < -0.4 is 9.91 Å². The van der Waals surface area contributed by atoms with Gasteiger partial charge in [-0.05, 0) is 41.5 Å². The zero-order valence-electron chi connectivity index (χ0n) is 18.6. The minimum absolute atomic E-state index is 0.132. The summed E-state index contributed by atoms with van der Waals surface area (Å²) in [4.78, 5) is 7.76. The third-order valence-corrected chi connectivity index (χ3v) is 8.33. The fourth-order valence-electron chi connectivity index (χ4n) is 4.04. The summed E-state index contributed by atoms with van der Waals surface area (Å²) in [6.07, 6.45) is 0.676. The molecule has 9 heteroatoms. The minimum Gasteiger partial charge on any atom is -0.347 e. The summed E-state index contributed by atoms with van der Waals surface area (Å²) < 4.78 is 1.02. The van der Waals surface area contributed by atoms with E-state index in [1.165, 1.54) is 5.56 Å². The number of halogens is 4. The van der Waals surface area contributed by atoms with Gasteiger partial charge in [0.1, 0.15) is 5.15 Å². The lowest BCUT2D eigenvalue weighted by molar-refractivity contribution is 0.720. The number of hydrazone groups is 1. The Bertz CT molecular complexity index is 1360. The van der Waals surface area contributed by atoms with E-state index in [0.29, 0.717) is 21.6 Å². The van der Waals surface area contributed by atoms with Crippen molar-refractivity contribution in [3.05, 3.63) is 108 Å². The summed E-state index contributed by atoms with van der Waals surface area (Å²) in [6.45, 7) is 0.739. The quantitative estimate of drug-likeness (QED) is 0.220. The molecule has 178 valence electrons. The molecular formula is C26H20BrCl3N4S. The van der Waals surface area contributed by atoms with Crippen molar-refractivity contribution in [2.45, 2.75) is 19.0 Å². The lowest BCUT2D eigenvalue weighted by Gasteiger charge is -2.23. The molecule has 1 aliphatic rings. The van der Waals surface area contributed by atoms with Crippen molar-refractivity contribution in [2.75, 3.05) is 17.0 Å². The Balaban J connectivity index is 1.50. The highest BCUT2D eigenvalue weighted by Crippen LogP contribution is 2.44. The van der Waals surface area contributed by atoms with Crippen LogP contribution in [0.3, 0.4) is 0 Å². The molecule has 0 bridgehead atoms. The normalized spacial score (nSPS) is 15.4. The Kier molecular flexibility index (Phi) is 7.37. The van der Waals surface area contributed by atoms with E-state index >= 15 is 0 Å². The number of anilines is 2. The van der Waals surface area contributed by atoms with Gasteiger partial charge in [-0.1, -0.05) is 105 Å². The number of hydrogen-bond acceptors (Lipinski definition) is 5. The van der Waals surface area contributed by atoms with Crippen LogP contribution in [0.15, 0.2) is 82.4 Å². The molecule has 0 aliphatic carbocycles. The smallest absolute Gasteiger partial charge is 0.187 e. The van der Waals surface area contributed by atoms with E-state index < -0.39 is 0 Å². The SMILES string of the molecule is CN(Cc1ccccc1)c1nc(Cl)c(C2CC(c3ccc(Br)cc3)=NN2c2cc(Cl)cc(Cl)c2)s1. The van der Waals surface area contributed by atoms with Gasteiger partial charge in [0.25, 0.3) is 0 Å². The second kappa shape index (κ2) is 10.5. The molecule has 0 saturated heterocycles. The van der Waals surface area contributed by atoms with Crippen molar-refractivity contribution in [2.24, 2.45) is 5.10 Å². The fraction of sp³-hybridized carbons (Fsp3) is 0.154. The molecule has 1 atom stereocenters. The Morgan fingerprint density at radius 3 is 2.37 bits per heavy atom. The number of benzene rings is 3. The van der Waals surface area contributed by atoms with Crippen molar-refractivity contribution < 1.29 is 0 Å². The molecule has 1 unspecified atom stereocenters. The first-order valence-electron chi connectivity index (χ1n) is 10.9. The summed E-state index contributed by atoms with van der Waals surface area (Å²) in [5.41, 5.74) is 4.03. The van der Waals surface area contributed by atoms with E-state index in [1.54, 1.807) is 17.4 Å². The van der Waals surface area contributed by atoms with Crippen molar-refractivity contribution in [3.8, 4) is 0 Å². The van der Waals surface area contributed by atoms with Crippen LogP contribution in [0, 0.1) is 0 Å². The Labute approximate surface area is 231 Å². The highest BCUT2D eigenvalue weighted by Gasteiger charge is 2.34. The van der Waals surface area contributed by atoms with E-state index in [-0.39, 0.29) is 6.04 Å². The number of rotatable bonds is 6. The average Bonchev–Trinajstić information content (AvgIpc) is 3.43. The van der Waals surface area contributed by atoms with Crippen LogP contribution in [-0.2, 0) is 6.54 Å². The Hall–Kier alpha value is -2.09. The molecule has 0 fully saturated rings. The second-order valence-corrected chi connectivity index (χ2v) is 11.4. The van der Waals surface area contributed by atoms with Crippen molar-refractivity contribution >= 4 is 78.6 Å². The Morgan fingerprint density at radius 1 is 1.00 bits per heavy atom. The molecule has 3 aromatic carbocycles. The first-order chi connectivity index (χ1) is 16.9. The predicted octanol–water partition coefficient (Wildman–Crippen LogP) is 8.86. The molecule has 0 saturated carbocycles. The number of aromatic nitrogens is 1. The van der Waals surface area contributed by atoms with Crippen LogP contribution >= 0.6 is 62.1 Å². The van der Waals surface area contributed by atoms with Crippen molar-refractivity contribution in [3.63, 3.8) is 0 Å². The van der Waals surface area contributed by atoms with Gasteiger partial charge < -0.3 is 4.90 Å². The van der Waals surface area contributed by atoms with Gasteiger partial charge in [0, 0.05) is 34.5 Å². The summed E-state index contributed by atoms with van der Waals surface area (Å²) in [5.74, 6) is 0. The maximum absolute atomic E-state index is 6.74. The van der Waals surface area contributed by atoms with Crippen LogP contribution in [0.25, 0.3) is 0 Å². The van der Waals surface area contributed by atoms with Gasteiger partial charge in [-0.2, -0.15) is 5.10 Å². The second-order valence-electron chi connectivity index (χ2n) is 8.24. The summed E-state index contributed by atoms with van der Waals surface area (Å²) in [5, 5.41) is 9.39. The third-order valence-electron chi connectivity index (χ3n) is 5.69. The third kappa shape index (κ3) is 5.52. The van der Waals surface area contributed by atoms with Crippen LogP contribution in [0.4, 0.5) is 10.8 Å². The van der Waals surface area contributed by atoms with Gasteiger partial charge in [-0.15, -0.1) is 0 Å². The van der Waals surface area contributed by atoms with Gasteiger partial charge in [-0.3, -0.25) is 5.01 Å². The molecule has 5 rings (SSSR count). The fourth-order valence-corrected chi connectivity index (χ4v) is 6.19. The van der Waals surface area contributed by atoms with E-state index in [4.69, 9.17) is 44.9 Å². The van der Waals surface area contributed by atoms with Gasteiger partial charge >= 0.3 is 0 Å². The van der Waals surface area contributed by atoms with E-state index in [0.717, 1.165) is 38.0 Å². The molecule has 0 spiro atoms. The molecule has 0 N–H and O–H groups in total. The lowest BCUT2D eigenvalue weighted by Crippen LogP contribution is -2.18. The van der Waals surface area contributed by atoms with E-state index in [9.17, 15) is 0 Å². The molecule has 4 aromatic rings. The maximum Gasteiger partial charge on any atom is 0.187 e. The lowest BCUT2D eigenvalue weighted by atomic mass is 10.0. The first kappa shape index (κ1) is 24.6. The number of thiazole rings is 1. The molecule has 1 aliphatic heterocycles. The molecule has 1 aromatic heterocycles. The highest BCUT2D eigenvalue weighted by atomic mass is 79.9. The van der Waals surface area contributed by atoms with Crippen LogP contribution in [-0.4, -0.2) is 17.7 Å². The standard InChI is InChI=1S/C26H20BrCl3N4S/c1-33(15-16-5-3-2-4-6-16)26-31-25(30)24(35-26)23-14-22(17-7-9-18(27)10-8-17)32-34(23)21-12-19(28)11-20(29)13-21/h2-13,23H,14-15H2,1H3. The van der Waals surface area contributed by atoms with Crippen molar-refractivity contribution in [1.29, 1.82) is 0 Å². The topological polar surface area (TPSA) is 31.7 Å². The highest BCUT2D eigenvalue weighted by molar-refractivity contribution is 9.10. The average molecular weight is 607 g/mol. The number of hydrogen-bond donors (Lipinski definition) is 0. The molecular weight excluding hydrogens is 587 g/mol. The maximum atomic E-state index is 6.74. The molecule has 4 nitrogen and oxygen atoms in total. The summed E-state index contributed by atoms with van der Waals surface area (Å²) >= 11 is 24.5. The van der Waals surface area contributed by atoms with Gasteiger partial charge in [-0.25, -0.2) is 4.98 Å². The molecule has 0 radical (unpaired) electrons. The van der Waals surface area contributed by atoms with Crippen LogP contribution in [0.1, 0.15) is 28.5 Å². The van der Waals surface area contributed by atoms with Gasteiger partial charge in [0.05, 0.1) is 22.3 Å². The number of nitrogens with zero attached hydrogens (tertiary/aromatic N) is 4. The summed E-state index contributed by atoms with van der Waals surface area (Å²) in [6, 6.07) is 23.8. The zero-order chi connectivity index (χ0) is 24.5. The predicted molar refractivity (Wildman–Crippen MR) is 153 cm³/mol. The Morgan fingerprint density at radius 2 is 1.69 bits per heavy atom. The molecule has 0 amide bonds. The van der Waals surface area contributed by atoms with Crippen LogP contribution in [0.5, 0.6) is 0 Å². The van der Waals surface area contributed by atoms with E-state index in [1.807, 2.05) is 54.5 Å². The zero-order valence-corrected chi connectivity index (χ0v) is 23.3. The minimum atomic E-state index is -0.132. The molecule has 35 heavy (non-hydrogen) atoms.